The highest BCUT2D eigenvalue weighted by atomic mass is 32.2. The molecule has 1 aliphatic heterocycles. The Morgan fingerprint density at radius 3 is 2.50 bits per heavy atom. The number of amides is 2. The van der Waals surface area contributed by atoms with E-state index in [2.05, 4.69) is 5.32 Å². The maximum atomic E-state index is 12.8. The van der Waals surface area contributed by atoms with Crippen LogP contribution in [0.4, 0.5) is 5.00 Å². The summed E-state index contributed by atoms with van der Waals surface area (Å²) in [7, 11) is -1.61. The standard InChI is InChI=1S/C18H28N4O4S2/c1-11(22-9-7-12(8-10-22)21(2)28(3,25)26)17(24)20-18-15(16(19)23)13-5-4-6-14(13)27-18/h11-12H,4-10H2,1-3H3,(H2,19,23)(H,20,24). The monoisotopic (exact) mass is 428 g/mol. The number of anilines is 1. The highest BCUT2D eigenvalue weighted by Crippen LogP contribution is 2.39. The molecule has 8 nitrogen and oxygen atoms in total. The van der Waals surface area contributed by atoms with Crippen LogP contribution in [0.3, 0.4) is 0 Å². The minimum atomic E-state index is -3.22. The summed E-state index contributed by atoms with van der Waals surface area (Å²) in [6.07, 6.45) is 5.35. The predicted molar refractivity (Wildman–Crippen MR) is 110 cm³/mol. The molecule has 28 heavy (non-hydrogen) atoms. The van der Waals surface area contributed by atoms with Crippen molar-refractivity contribution in [1.82, 2.24) is 9.21 Å². The van der Waals surface area contributed by atoms with Crippen LogP contribution >= 0.6 is 11.3 Å². The number of primary amides is 1. The largest absolute Gasteiger partial charge is 0.365 e. The quantitative estimate of drug-likeness (QED) is 0.702. The molecule has 0 radical (unpaired) electrons. The molecule has 0 bridgehead atoms. The summed E-state index contributed by atoms with van der Waals surface area (Å²) in [6.45, 7) is 3.12. The molecule has 2 amide bonds. The first-order valence-electron chi connectivity index (χ1n) is 9.52. The number of carbonyl (C=O) groups is 2. The summed E-state index contributed by atoms with van der Waals surface area (Å²) in [5, 5.41) is 3.46. The normalized spacial score (nSPS) is 19.6. The second-order valence-electron chi connectivity index (χ2n) is 7.64. The number of nitrogens with two attached hydrogens (primary N) is 1. The van der Waals surface area contributed by atoms with Crippen molar-refractivity contribution in [2.75, 3.05) is 31.7 Å². The number of nitrogens with zero attached hydrogens (tertiary/aromatic N) is 2. The van der Waals surface area contributed by atoms with Crippen LogP contribution in [0.2, 0.25) is 0 Å². The SMILES string of the molecule is CC(C(=O)Nc1sc2c(c1C(N)=O)CCC2)N1CCC(N(C)S(C)(=O)=O)CC1. The average molecular weight is 429 g/mol. The first kappa shape index (κ1) is 21.2. The van der Waals surface area contributed by atoms with Crippen molar-refractivity contribution < 1.29 is 18.0 Å². The molecule has 3 rings (SSSR count). The number of aryl methyl sites for hydroxylation is 1. The number of likely N-dealkylation sites (tertiary alicyclic amines) is 1. The minimum Gasteiger partial charge on any atom is -0.365 e. The molecule has 1 unspecified atom stereocenters. The summed E-state index contributed by atoms with van der Waals surface area (Å²) in [5.74, 6) is -0.663. The van der Waals surface area contributed by atoms with Crippen LogP contribution in [0.15, 0.2) is 0 Å². The summed E-state index contributed by atoms with van der Waals surface area (Å²) < 4.78 is 24.8. The molecular weight excluding hydrogens is 400 g/mol. The summed E-state index contributed by atoms with van der Waals surface area (Å²) in [5.41, 5.74) is 7.01. The molecule has 0 spiro atoms. The van der Waals surface area contributed by atoms with E-state index in [4.69, 9.17) is 5.73 Å². The number of rotatable bonds is 6. The van der Waals surface area contributed by atoms with Crippen LogP contribution in [0, 0.1) is 0 Å². The zero-order valence-electron chi connectivity index (χ0n) is 16.5. The van der Waals surface area contributed by atoms with E-state index in [1.54, 1.807) is 7.05 Å². The van der Waals surface area contributed by atoms with Gasteiger partial charge in [0.1, 0.15) is 5.00 Å². The maximum Gasteiger partial charge on any atom is 0.251 e. The number of thiophene rings is 1. The van der Waals surface area contributed by atoms with Gasteiger partial charge in [-0.2, -0.15) is 0 Å². The van der Waals surface area contributed by atoms with E-state index >= 15 is 0 Å². The van der Waals surface area contributed by atoms with Gasteiger partial charge in [-0.1, -0.05) is 0 Å². The number of piperidine rings is 1. The lowest BCUT2D eigenvalue weighted by Crippen LogP contribution is -2.50. The fourth-order valence-electron chi connectivity index (χ4n) is 4.04. The van der Waals surface area contributed by atoms with Crippen molar-refractivity contribution >= 4 is 38.2 Å². The molecule has 0 saturated carbocycles. The third-order valence-electron chi connectivity index (χ3n) is 5.87. The Labute approximate surface area is 170 Å². The van der Waals surface area contributed by atoms with Gasteiger partial charge in [-0.25, -0.2) is 12.7 Å². The molecule has 3 N–H and O–H groups in total. The van der Waals surface area contributed by atoms with Gasteiger partial charge in [0.2, 0.25) is 15.9 Å². The highest BCUT2D eigenvalue weighted by Gasteiger charge is 2.32. The lowest BCUT2D eigenvalue weighted by molar-refractivity contribution is -0.121. The Kier molecular flexibility index (Phi) is 6.14. The number of sulfonamides is 1. The van der Waals surface area contributed by atoms with E-state index in [1.807, 2.05) is 11.8 Å². The first-order valence-corrected chi connectivity index (χ1v) is 12.2. The molecule has 1 saturated heterocycles. The van der Waals surface area contributed by atoms with Crippen LogP contribution in [-0.4, -0.2) is 67.9 Å². The smallest absolute Gasteiger partial charge is 0.251 e. The van der Waals surface area contributed by atoms with Crippen LogP contribution in [-0.2, 0) is 27.7 Å². The Bertz CT molecular complexity index is 872. The van der Waals surface area contributed by atoms with Crippen molar-refractivity contribution in [3.8, 4) is 0 Å². The van der Waals surface area contributed by atoms with Gasteiger partial charge >= 0.3 is 0 Å². The van der Waals surface area contributed by atoms with Gasteiger partial charge in [-0.05, 0) is 44.6 Å². The maximum absolute atomic E-state index is 12.8. The zero-order valence-corrected chi connectivity index (χ0v) is 18.2. The second-order valence-corrected chi connectivity index (χ2v) is 10.8. The van der Waals surface area contributed by atoms with Gasteiger partial charge in [0.05, 0.1) is 17.9 Å². The Morgan fingerprint density at radius 1 is 1.29 bits per heavy atom. The van der Waals surface area contributed by atoms with Gasteiger partial charge in [-0.3, -0.25) is 14.5 Å². The van der Waals surface area contributed by atoms with Gasteiger partial charge in [0.25, 0.3) is 5.91 Å². The minimum absolute atomic E-state index is 0.0387. The van der Waals surface area contributed by atoms with E-state index in [1.165, 1.54) is 21.9 Å². The van der Waals surface area contributed by atoms with E-state index in [0.29, 0.717) is 36.5 Å². The Balaban J connectivity index is 1.63. The molecule has 0 aromatic carbocycles. The molecule has 1 fully saturated rings. The number of fused-ring (bicyclic) bond motifs is 1. The number of nitrogens with one attached hydrogen (secondary N) is 1. The van der Waals surface area contributed by atoms with Crippen molar-refractivity contribution in [3.63, 3.8) is 0 Å². The molecule has 2 heterocycles. The van der Waals surface area contributed by atoms with Crippen LogP contribution in [0.1, 0.15) is 47.0 Å². The van der Waals surface area contributed by atoms with Crippen molar-refractivity contribution in [1.29, 1.82) is 0 Å². The van der Waals surface area contributed by atoms with E-state index < -0.39 is 15.9 Å². The number of carbonyl (C=O) groups excluding carboxylic acids is 2. The second kappa shape index (κ2) is 8.10. The van der Waals surface area contributed by atoms with E-state index in [-0.39, 0.29) is 18.0 Å². The third kappa shape index (κ3) is 4.24. The highest BCUT2D eigenvalue weighted by molar-refractivity contribution is 7.88. The molecule has 2 aliphatic rings. The molecule has 1 aromatic heterocycles. The van der Waals surface area contributed by atoms with Gasteiger partial charge in [0.15, 0.2) is 0 Å². The Morgan fingerprint density at radius 2 is 1.93 bits per heavy atom. The van der Waals surface area contributed by atoms with Crippen LogP contribution in [0.25, 0.3) is 0 Å². The average Bonchev–Trinajstić information content (AvgIpc) is 3.20. The molecule has 1 aliphatic carbocycles. The van der Waals surface area contributed by atoms with Crippen molar-refractivity contribution in [3.05, 3.63) is 16.0 Å². The van der Waals surface area contributed by atoms with Crippen LogP contribution < -0.4 is 11.1 Å². The fourth-order valence-corrected chi connectivity index (χ4v) is 6.09. The summed E-state index contributed by atoms with van der Waals surface area (Å²) in [4.78, 5) is 27.9. The van der Waals surface area contributed by atoms with Crippen molar-refractivity contribution in [2.24, 2.45) is 5.73 Å². The van der Waals surface area contributed by atoms with E-state index in [0.717, 1.165) is 29.7 Å². The topological polar surface area (TPSA) is 113 Å². The molecule has 1 aromatic rings. The zero-order chi connectivity index (χ0) is 20.6. The lowest BCUT2D eigenvalue weighted by Gasteiger charge is -2.37. The van der Waals surface area contributed by atoms with Gasteiger partial charge in [0, 0.05) is 31.1 Å². The Hall–Kier alpha value is -1.49. The first-order chi connectivity index (χ1) is 13.1. The van der Waals surface area contributed by atoms with E-state index in [9.17, 15) is 18.0 Å². The third-order valence-corrected chi connectivity index (χ3v) is 8.42. The predicted octanol–water partition coefficient (Wildman–Crippen LogP) is 1.02. The van der Waals surface area contributed by atoms with Gasteiger partial charge < -0.3 is 11.1 Å². The fraction of sp³-hybridized carbons (Fsp3) is 0.667. The van der Waals surface area contributed by atoms with Crippen molar-refractivity contribution in [2.45, 2.75) is 51.1 Å². The molecule has 156 valence electrons. The number of hydrogen-bond acceptors (Lipinski definition) is 6. The lowest BCUT2D eigenvalue weighted by atomic mass is 10.0. The number of hydrogen-bond donors (Lipinski definition) is 2. The molecular formula is C18H28N4O4S2. The van der Waals surface area contributed by atoms with Gasteiger partial charge in [-0.15, -0.1) is 11.3 Å². The molecule has 10 heteroatoms. The summed E-state index contributed by atoms with van der Waals surface area (Å²) >= 11 is 1.45. The summed E-state index contributed by atoms with van der Waals surface area (Å²) in [6, 6.07) is -0.412. The van der Waals surface area contributed by atoms with Crippen LogP contribution in [0.5, 0.6) is 0 Å². The molecule has 1 atom stereocenters.